The molecule has 2 aromatic rings. The van der Waals surface area contributed by atoms with Gasteiger partial charge in [0.25, 0.3) is 5.91 Å². The van der Waals surface area contributed by atoms with Gasteiger partial charge in [-0.25, -0.2) is 4.98 Å². The third-order valence-electron chi connectivity index (χ3n) is 2.37. The molecule has 0 unspecified atom stereocenters. The Kier molecular flexibility index (Phi) is 3.81. The van der Waals surface area contributed by atoms with Crippen molar-refractivity contribution in [1.82, 2.24) is 4.98 Å². The van der Waals surface area contributed by atoms with Crippen molar-refractivity contribution in [2.75, 3.05) is 5.32 Å². The molecule has 0 aliphatic rings. The van der Waals surface area contributed by atoms with E-state index >= 15 is 0 Å². The van der Waals surface area contributed by atoms with E-state index in [0.717, 1.165) is 9.13 Å². The highest BCUT2D eigenvalue weighted by Crippen LogP contribution is 2.19. The molecule has 0 aliphatic carbocycles. The minimum absolute atomic E-state index is 0.0296. The smallest absolute Gasteiger partial charge is 0.260 e. The molecule has 5 heteroatoms. The van der Waals surface area contributed by atoms with Gasteiger partial charge in [0.2, 0.25) is 0 Å². The zero-order valence-electron chi connectivity index (χ0n) is 9.64. The normalized spacial score (nSPS) is 10.1. The first-order valence-electron chi connectivity index (χ1n) is 5.29. The summed E-state index contributed by atoms with van der Waals surface area (Å²) in [5.74, 6) is 0.0552. The summed E-state index contributed by atoms with van der Waals surface area (Å²) < 4.78 is 0.990. The van der Waals surface area contributed by atoms with Crippen LogP contribution in [0.25, 0.3) is 0 Å². The Hall–Kier alpha value is -1.63. The van der Waals surface area contributed by atoms with Gasteiger partial charge in [-0.3, -0.25) is 4.79 Å². The lowest BCUT2D eigenvalue weighted by molar-refractivity contribution is 0.102. The monoisotopic (exact) mass is 354 g/mol. The number of benzene rings is 1. The number of halogens is 1. The molecule has 1 amide bonds. The molecule has 0 atom stereocenters. The molecule has 0 saturated heterocycles. The molecule has 92 valence electrons. The molecule has 0 bridgehead atoms. The predicted molar refractivity (Wildman–Crippen MR) is 77.8 cm³/mol. The Morgan fingerprint density at radius 3 is 2.72 bits per heavy atom. The number of carbonyl (C=O) groups is 1. The summed E-state index contributed by atoms with van der Waals surface area (Å²) in [6.07, 6.45) is 1.66. The summed E-state index contributed by atoms with van der Waals surface area (Å²) in [6.45, 7) is 1.85. The molecule has 0 spiro atoms. The number of rotatable bonds is 2. The molecular formula is C13H11IN2O2. The van der Waals surface area contributed by atoms with Gasteiger partial charge in [-0.2, -0.15) is 0 Å². The second kappa shape index (κ2) is 5.34. The highest BCUT2D eigenvalue weighted by Gasteiger charge is 2.11. The number of hydrogen-bond acceptors (Lipinski definition) is 3. The number of carbonyl (C=O) groups excluding carboxylic acids is 1. The van der Waals surface area contributed by atoms with Crippen LogP contribution in [0.2, 0.25) is 0 Å². The van der Waals surface area contributed by atoms with E-state index in [-0.39, 0.29) is 17.2 Å². The largest absolute Gasteiger partial charge is 0.507 e. The number of aromatic nitrogens is 1. The standard InChI is InChI=1S/C13H11IN2O2/c1-8-2-4-10(11(17)6-8)13(18)16-12-5-3-9(14)7-15-12/h2-7,17H,1H3,(H,15,16,18). The summed E-state index contributed by atoms with van der Waals surface area (Å²) >= 11 is 2.14. The van der Waals surface area contributed by atoms with Crippen molar-refractivity contribution in [3.05, 3.63) is 51.2 Å². The van der Waals surface area contributed by atoms with Crippen molar-refractivity contribution < 1.29 is 9.90 Å². The van der Waals surface area contributed by atoms with Crippen LogP contribution in [0.3, 0.4) is 0 Å². The van der Waals surface area contributed by atoms with Crippen LogP contribution in [-0.2, 0) is 0 Å². The van der Waals surface area contributed by atoms with Gasteiger partial charge in [-0.1, -0.05) is 6.07 Å². The van der Waals surface area contributed by atoms with Crippen LogP contribution in [0, 0.1) is 10.5 Å². The number of nitrogens with one attached hydrogen (secondary N) is 1. The molecule has 4 nitrogen and oxygen atoms in total. The molecule has 1 aromatic carbocycles. The number of amides is 1. The lowest BCUT2D eigenvalue weighted by Crippen LogP contribution is -2.13. The van der Waals surface area contributed by atoms with Crippen LogP contribution in [0.15, 0.2) is 36.5 Å². The maximum atomic E-state index is 11.9. The fourth-order valence-electron chi connectivity index (χ4n) is 1.47. The second-order valence-corrected chi connectivity index (χ2v) is 5.08. The number of pyridine rings is 1. The van der Waals surface area contributed by atoms with Gasteiger partial charge in [-0.15, -0.1) is 0 Å². The van der Waals surface area contributed by atoms with Gasteiger partial charge in [0.05, 0.1) is 5.56 Å². The third kappa shape index (κ3) is 2.98. The molecule has 2 N–H and O–H groups in total. The van der Waals surface area contributed by atoms with Crippen molar-refractivity contribution in [2.45, 2.75) is 6.92 Å². The molecule has 1 heterocycles. The number of nitrogens with zero attached hydrogens (tertiary/aromatic N) is 1. The van der Waals surface area contributed by atoms with Crippen molar-refractivity contribution in [2.24, 2.45) is 0 Å². The van der Waals surface area contributed by atoms with Gasteiger partial charge < -0.3 is 10.4 Å². The summed E-state index contributed by atoms with van der Waals surface area (Å²) in [5, 5.41) is 12.3. The van der Waals surface area contributed by atoms with Gasteiger partial charge in [-0.05, 0) is 59.3 Å². The van der Waals surface area contributed by atoms with Gasteiger partial charge in [0.15, 0.2) is 0 Å². The zero-order chi connectivity index (χ0) is 13.1. The molecular weight excluding hydrogens is 343 g/mol. The van der Waals surface area contributed by atoms with Crippen molar-refractivity contribution in [3.63, 3.8) is 0 Å². The highest BCUT2D eigenvalue weighted by atomic mass is 127. The number of aryl methyl sites for hydroxylation is 1. The lowest BCUT2D eigenvalue weighted by atomic mass is 10.1. The quantitative estimate of drug-likeness (QED) is 0.816. The first-order chi connectivity index (χ1) is 8.56. The zero-order valence-corrected chi connectivity index (χ0v) is 11.8. The van der Waals surface area contributed by atoms with Crippen LogP contribution in [0.1, 0.15) is 15.9 Å². The van der Waals surface area contributed by atoms with Gasteiger partial charge in [0.1, 0.15) is 11.6 Å². The minimum Gasteiger partial charge on any atom is -0.507 e. The highest BCUT2D eigenvalue weighted by molar-refractivity contribution is 14.1. The van der Waals surface area contributed by atoms with E-state index in [4.69, 9.17) is 0 Å². The third-order valence-corrected chi connectivity index (χ3v) is 3.00. The Morgan fingerprint density at radius 1 is 1.33 bits per heavy atom. The molecule has 2 rings (SSSR count). The fraction of sp³-hybridized carbons (Fsp3) is 0.0769. The van der Waals surface area contributed by atoms with E-state index in [2.05, 4.69) is 32.9 Å². The average Bonchev–Trinajstić information content (AvgIpc) is 2.32. The van der Waals surface area contributed by atoms with Crippen LogP contribution in [0.4, 0.5) is 5.82 Å². The Morgan fingerprint density at radius 2 is 2.11 bits per heavy atom. The van der Waals surface area contributed by atoms with Crippen LogP contribution in [0.5, 0.6) is 5.75 Å². The van der Waals surface area contributed by atoms with Crippen LogP contribution >= 0.6 is 22.6 Å². The van der Waals surface area contributed by atoms with Crippen LogP contribution < -0.4 is 5.32 Å². The van der Waals surface area contributed by atoms with E-state index in [0.29, 0.717) is 5.82 Å². The number of phenols is 1. The molecule has 1 aromatic heterocycles. The average molecular weight is 354 g/mol. The Bertz CT molecular complexity index is 582. The predicted octanol–water partition coefficient (Wildman–Crippen LogP) is 2.95. The maximum absolute atomic E-state index is 11.9. The number of aromatic hydroxyl groups is 1. The second-order valence-electron chi connectivity index (χ2n) is 3.84. The summed E-state index contributed by atoms with van der Waals surface area (Å²) in [5.41, 5.74) is 1.14. The molecule has 0 saturated carbocycles. The SMILES string of the molecule is Cc1ccc(C(=O)Nc2ccc(I)cn2)c(O)c1. The Balaban J connectivity index is 2.19. The van der Waals surface area contributed by atoms with E-state index in [9.17, 15) is 9.90 Å². The molecule has 18 heavy (non-hydrogen) atoms. The maximum Gasteiger partial charge on any atom is 0.260 e. The molecule has 0 aliphatic heterocycles. The number of anilines is 1. The first kappa shape index (κ1) is 12.8. The fourth-order valence-corrected chi connectivity index (χ4v) is 1.79. The van der Waals surface area contributed by atoms with Gasteiger partial charge in [0, 0.05) is 9.77 Å². The number of phenolic OH excluding ortho intramolecular Hbond substituents is 1. The Labute approximate surface area is 118 Å². The molecule has 0 fully saturated rings. The van der Waals surface area contributed by atoms with Crippen molar-refractivity contribution >= 4 is 34.3 Å². The first-order valence-corrected chi connectivity index (χ1v) is 6.36. The van der Waals surface area contributed by atoms with Crippen molar-refractivity contribution in [1.29, 1.82) is 0 Å². The molecule has 0 radical (unpaired) electrons. The summed E-state index contributed by atoms with van der Waals surface area (Å²) in [4.78, 5) is 16.0. The van der Waals surface area contributed by atoms with Crippen molar-refractivity contribution in [3.8, 4) is 5.75 Å². The number of hydrogen-bond donors (Lipinski definition) is 2. The van der Waals surface area contributed by atoms with Crippen LogP contribution in [-0.4, -0.2) is 16.0 Å². The van der Waals surface area contributed by atoms with E-state index in [1.807, 2.05) is 13.0 Å². The summed E-state index contributed by atoms with van der Waals surface area (Å²) in [7, 11) is 0. The lowest BCUT2D eigenvalue weighted by Gasteiger charge is -2.06. The topological polar surface area (TPSA) is 62.2 Å². The van der Waals surface area contributed by atoms with Gasteiger partial charge >= 0.3 is 0 Å². The minimum atomic E-state index is -0.374. The van der Waals surface area contributed by atoms with E-state index in [1.165, 1.54) is 0 Å². The van der Waals surface area contributed by atoms with E-state index in [1.54, 1.807) is 30.5 Å². The van der Waals surface area contributed by atoms with E-state index < -0.39 is 0 Å². The summed E-state index contributed by atoms with van der Waals surface area (Å²) in [6, 6.07) is 8.47.